The number of carbonyl (C=O) groups excluding carboxylic acids is 2. The highest BCUT2D eigenvalue weighted by molar-refractivity contribution is 5.97. The molecule has 29 heavy (non-hydrogen) atoms. The number of carbonyl (C=O) groups is 2. The molecule has 0 spiro atoms. The predicted octanol–water partition coefficient (Wildman–Crippen LogP) is 4.11. The van der Waals surface area contributed by atoms with Crippen molar-refractivity contribution in [1.29, 1.82) is 0 Å². The van der Waals surface area contributed by atoms with Crippen LogP contribution in [-0.4, -0.2) is 24.5 Å². The average Bonchev–Trinajstić information content (AvgIpc) is 3.25. The zero-order valence-corrected chi connectivity index (χ0v) is 16.5. The Balaban J connectivity index is 1.54. The quantitative estimate of drug-likeness (QED) is 0.779. The lowest BCUT2D eigenvalue weighted by Gasteiger charge is -2.22. The maximum atomic E-state index is 13.0. The summed E-state index contributed by atoms with van der Waals surface area (Å²) >= 11 is 0. The number of hydrogen-bond donors (Lipinski definition) is 1. The molecule has 0 bridgehead atoms. The van der Waals surface area contributed by atoms with Gasteiger partial charge in [0.2, 0.25) is 6.10 Å². The third-order valence-corrected chi connectivity index (χ3v) is 5.44. The number of fused-ring (bicyclic) bond motifs is 1. The number of aryl methyl sites for hydroxylation is 1. The van der Waals surface area contributed by atoms with Crippen LogP contribution in [0.15, 0.2) is 54.1 Å². The minimum Gasteiger partial charge on any atom is -0.488 e. The summed E-state index contributed by atoms with van der Waals surface area (Å²) in [5, 5.41) is 3.05. The number of nitrogens with one attached hydrogen (secondary N) is 1. The number of esters is 1. The number of amides is 1. The molecule has 0 radical (unpaired) electrons. The van der Waals surface area contributed by atoms with Gasteiger partial charge in [-0.05, 0) is 31.9 Å². The van der Waals surface area contributed by atoms with Gasteiger partial charge in [0.25, 0.3) is 5.91 Å². The molecule has 1 heterocycles. The van der Waals surface area contributed by atoms with Gasteiger partial charge in [0.15, 0.2) is 0 Å². The number of hydrogen-bond acceptors (Lipinski definition) is 4. The third kappa shape index (κ3) is 4.50. The molecule has 1 fully saturated rings. The molecule has 5 heteroatoms. The fraction of sp³-hybridized carbons (Fsp3) is 0.333. The molecule has 2 aromatic carbocycles. The molecule has 4 rings (SSSR count). The molecule has 0 aromatic heterocycles. The zero-order chi connectivity index (χ0) is 20.2. The molecular formula is C24H25NO4. The first-order valence-corrected chi connectivity index (χ1v) is 10.1. The van der Waals surface area contributed by atoms with Gasteiger partial charge in [0, 0.05) is 17.2 Å². The van der Waals surface area contributed by atoms with Crippen LogP contribution in [-0.2, 0) is 14.3 Å². The molecule has 1 atom stereocenters. The zero-order valence-electron chi connectivity index (χ0n) is 16.5. The second kappa shape index (κ2) is 8.52. The maximum Gasteiger partial charge on any atom is 0.338 e. The Morgan fingerprint density at radius 3 is 2.55 bits per heavy atom. The molecule has 150 valence electrons. The minimum absolute atomic E-state index is 0.126. The smallest absolute Gasteiger partial charge is 0.338 e. The Hall–Kier alpha value is -3.08. The Labute approximate surface area is 170 Å². The Kier molecular flexibility index (Phi) is 5.65. The second-order valence-electron chi connectivity index (χ2n) is 7.68. The van der Waals surface area contributed by atoms with Gasteiger partial charge in [-0.2, -0.15) is 0 Å². The predicted molar refractivity (Wildman–Crippen MR) is 110 cm³/mol. The summed E-state index contributed by atoms with van der Waals surface area (Å²) in [5.74, 6) is -0.0726. The van der Waals surface area contributed by atoms with Crippen molar-refractivity contribution in [3.05, 3.63) is 70.8 Å². The molecule has 1 saturated carbocycles. The van der Waals surface area contributed by atoms with Gasteiger partial charge in [-0.15, -0.1) is 0 Å². The lowest BCUT2D eigenvalue weighted by atomic mass is 10.1. The van der Waals surface area contributed by atoms with E-state index < -0.39 is 12.1 Å². The standard InChI is InChI=1S/C24H25NO4/c1-16-10-12-17(13-11-16)22(23(26)25-20-7-3-4-8-20)29-24(27)19-14-18-6-2-5-9-21(18)28-15-19/h2,5-6,9-14,20,22H,3-4,7-8,15H2,1H3,(H,25,26)/t22-/m0/s1. The van der Waals surface area contributed by atoms with Crippen molar-refractivity contribution in [3.8, 4) is 5.75 Å². The van der Waals surface area contributed by atoms with Crippen LogP contribution < -0.4 is 10.1 Å². The van der Waals surface area contributed by atoms with Crippen molar-refractivity contribution in [3.63, 3.8) is 0 Å². The van der Waals surface area contributed by atoms with Crippen LogP contribution in [0.2, 0.25) is 0 Å². The van der Waals surface area contributed by atoms with Crippen LogP contribution in [0.5, 0.6) is 5.75 Å². The lowest BCUT2D eigenvalue weighted by molar-refractivity contribution is -0.153. The van der Waals surface area contributed by atoms with E-state index in [1.165, 1.54) is 0 Å². The van der Waals surface area contributed by atoms with E-state index in [4.69, 9.17) is 9.47 Å². The molecule has 0 saturated heterocycles. The van der Waals surface area contributed by atoms with Crippen LogP contribution in [0.25, 0.3) is 6.08 Å². The number of rotatable bonds is 5. The van der Waals surface area contributed by atoms with Crippen LogP contribution in [0.3, 0.4) is 0 Å². The number of benzene rings is 2. The first-order valence-electron chi connectivity index (χ1n) is 10.1. The fourth-order valence-electron chi connectivity index (χ4n) is 3.78. The largest absolute Gasteiger partial charge is 0.488 e. The minimum atomic E-state index is -0.984. The first-order chi connectivity index (χ1) is 14.1. The van der Waals surface area contributed by atoms with Crippen molar-refractivity contribution in [2.24, 2.45) is 0 Å². The lowest BCUT2D eigenvalue weighted by Crippen LogP contribution is -2.38. The first kappa shape index (κ1) is 19.2. The molecule has 1 aliphatic heterocycles. The normalized spacial score (nSPS) is 16.9. The highest BCUT2D eigenvalue weighted by Crippen LogP contribution is 2.28. The summed E-state index contributed by atoms with van der Waals surface area (Å²) in [7, 11) is 0. The third-order valence-electron chi connectivity index (χ3n) is 5.44. The second-order valence-corrected chi connectivity index (χ2v) is 7.68. The van der Waals surface area contributed by atoms with Crippen LogP contribution in [0, 0.1) is 6.92 Å². The topological polar surface area (TPSA) is 64.6 Å². The maximum absolute atomic E-state index is 13.0. The van der Waals surface area contributed by atoms with Crippen molar-refractivity contribution in [2.75, 3.05) is 6.61 Å². The van der Waals surface area contributed by atoms with Crippen LogP contribution in [0.4, 0.5) is 0 Å². The van der Waals surface area contributed by atoms with E-state index in [2.05, 4.69) is 5.32 Å². The highest BCUT2D eigenvalue weighted by Gasteiger charge is 2.30. The fourth-order valence-corrected chi connectivity index (χ4v) is 3.78. The summed E-state index contributed by atoms with van der Waals surface area (Å²) in [5.41, 5.74) is 2.97. The van der Waals surface area contributed by atoms with E-state index in [9.17, 15) is 9.59 Å². The van der Waals surface area contributed by atoms with Gasteiger partial charge >= 0.3 is 5.97 Å². The van der Waals surface area contributed by atoms with Crippen LogP contribution >= 0.6 is 0 Å². The Morgan fingerprint density at radius 1 is 1.07 bits per heavy atom. The van der Waals surface area contributed by atoms with Gasteiger partial charge in [0.05, 0.1) is 5.57 Å². The van der Waals surface area contributed by atoms with E-state index in [0.717, 1.165) is 42.6 Å². The van der Waals surface area contributed by atoms with Gasteiger partial charge in [0.1, 0.15) is 12.4 Å². The Bertz CT molecular complexity index is 926. The summed E-state index contributed by atoms with van der Waals surface area (Å²) in [6.45, 7) is 2.10. The van der Waals surface area contributed by atoms with E-state index in [1.54, 1.807) is 6.08 Å². The summed E-state index contributed by atoms with van der Waals surface area (Å²) in [6.07, 6.45) is 4.95. The molecule has 5 nitrogen and oxygen atoms in total. The summed E-state index contributed by atoms with van der Waals surface area (Å²) in [4.78, 5) is 25.8. The number of ether oxygens (including phenoxy) is 2. The monoisotopic (exact) mass is 391 g/mol. The summed E-state index contributed by atoms with van der Waals surface area (Å²) in [6, 6.07) is 15.2. The van der Waals surface area contributed by atoms with E-state index >= 15 is 0 Å². The molecule has 2 aromatic rings. The van der Waals surface area contributed by atoms with E-state index in [-0.39, 0.29) is 18.6 Å². The van der Waals surface area contributed by atoms with Crippen molar-refractivity contribution in [1.82, 2.24) is 5.32 Å². The number of para-hydroxylation sites is 1. The van der Waals surface area contributed by atoms with Gasteiger partial charge in [-0.25, -0.2) is 4.79 Å². The van der Waals surface area contributed by atoms with Crippen molar-refractivity contribution >= 4 is 18.0 Å². The van der Waals surface area contributed by atoms with Gasteiger partial charge < -0.3 is 14.8 Å². The molecular weight excluding hydrogens is 366 g/mol. The SMILES string of the molecule is Cc1ccc([C@H](OC(=O)C2=Cc3ccccc3OC2)C(=O)NC2CCCC2)cc1. The molecule has 0 unspecified atom stereocenters. The molecule has 1 amide bonds. The highest BCUT2D eigenvalue weighted by atomic mass is 16.6. The molecule has 1 aliphatic carbocycles. The van der Waals surface area contributed by atoms with Crippen molar-refractivity contribution in [2.45, 2.75) is 44.8 Å². The van der Waals surface area contributed by atoms with E-state index in [0.29, 0.717) is 11.1 Å². The van der Waals surface area contributed by atoms with Gasteiger partial charge in [-0.1, -0.05) is 60.9 Å². The summed E-state index contributed by atoms with van der Waals surface area (Å²) < 4.78 is 11.4. The molecule has 2 aliphatic rings. The van der Waals surface area contributed by atoms with Gasteiger partial charge in [-0.3, -0.25) is 4.79 Å². The van der Waals surface area contributed by atoms with E-state index in [1.807, 2.05) is 55.5 Å². The molecule has 1 N–H and O–H groups in total. The average molecular weight is 391 g/mol. The van der Waals surface area contributed by atoms with Crippen LogP contribution in [0.1, 0.15) is 48.5 Å². The Morgan fingerprint density at radius 2 is 1.79 bits per heavy atom. The van der Waals surface area contributed by atoms with Crippen molar-refractivity contribution < 1.29 is 19.1 Å².